The van der Waals surface area contributed by atoms with Crippen LogP contribution >= 0.6 is 11.5 Å². The molecule has 2 aromatic heterocycles. The smallest absolute Gasteiger partial charge is 0.362 e. The molecule has 1 N–H and O–H groups in total. The highest BCUT2D eigenvalue weighted by atomic mass is 32.1. The number of aryl methyl sites for hydroxylation is 2. The Balaban J connectivity index is 1.65. The van der Waals surface area contributed by atoms with Crippen molar-refractivity contribution in [3.63, 3.8) is 0 Å². The summed E-state index contributed by atoms with van der Waals surface area (Å²) in [6.45, 7) is 5.85. The Morgan fingerprint density at radius 2 is 2.06 bits per heavy atom. The second-order valence-electron chi connectivity index (χ2n) is 6.50. The molecule has 0 bridgehead atoms. The van der Waals surface area contributed by atoms with Crippen LogP contribution in [0.1, 0.15) is 40.0 Å². The lowest BCUT2D eigenvalue weighted by Gasteiger charge is -2.11. The van der Waals surface area contributed by atoms with Crippen LogP contribution in [0.2, 0.25) is 0 Å². The number of carbonyl (C=O) groups excluding carboxylic acids is 2. The molecule has 11 heteroatoms. The molecule has 10 nitrogen and oxygen atoms in total. The first kappa shape index (κ1) is 22.9. The zero-order chi connectivity index (χ0) is 23.1. The van der Waals surface area contributed by atoms with Gasteiger partial charge in [0, 0.05) is 17.6 Å². The number of carbonyl (C=O) groups is 2. The molecule has 0 spiro atoms. The van der Waals surface area contributed by atoms with E-state index in [2.05, 4.69) is 20.1 Å². The van der Waals surface area contributed by atoms with Gasteiger partial charge in [-0.15, -0.1) is 5.10 Å². The highest BCUT2D eigenvalue weighted by Gasteiger charge is 2.19. The van der Waals surface area contributed by atoms with Crippen LogP contribution in [-0.4, -0.2) is 40.3 Å². The van der Waals surface area contributed by atoms with E-state index < -0.39 is 11.9 Å². The Bertz CT molecular complexity index is 1120. The summed E-state index contributed by atoms with van der Waals surface area (Å²) in [5.74, 6) is 0.672. The number of anilines is 1. The van der Waals surface area contributed by atoms with Gasteiger partial charge in [0.15, 0.2) is 16.5 Å². The summed E-state index contributed by atoms with van der Waals surface area (Å²) in [4.78, 5) is 24.1. The summed E-state index contributed by atoms with van der Waals surface area (Å²) in [6, 6.07) is 5.28. The van der Waals surface area contributed by atoms with Crippen LogP contribution in [0.15, 0.2) is 28.8 Å². The predicted octanol–water partition coefficient (Wildman–Crippen LogP) is 3.56. The van der Waals surface area contributed by atoms with Crippen LogP contribution in [0.4, 0.5) is 5.00 Å². The number of amides is 1. The van der Waals surface area contributed by atoms with Crippen molar-refractivity contribution in [3.8, 4) is 11.5 Å². The zero-order valence-corrected chi connectivity index (χ0v) is 18.8. The summed E-state index contributed by atoms with van der Waals surface area (Å²) in [5, 5.41) is 10.4. The van der Waals surface area contributed by atoms with Crippen molar-refractivity contribution in [1.82, 2.24) is 14.7 Å². The summed E-state index contributed by atoms with van der Waals surface area (Å²) < 4.78 is 25.0. The second kappa shape index (κ2) is 10.5. The molecule has 0 saturated heterocycles. The van der Waals surface area contributed by atoms with Gasteiger partial charge < -0.3 is 24.1 Å². The van der Waals surface area contributed by atoms with Crippen LogP contribution in [0, 0.1) is 13.8 Å². The quantitative estimate of drug-likeness (QED) is 0.378. The molecule has 0 atom stereocenters. The van der Waals surface area contributed by atoms with Crippen molar-refractivity contribution < 1.29 is 28.3 Å². The molecule has 2 heterocycles. The number of rotatable bonds is 9. The average Bonchev–Trinajstić information content (AvgIpc) is 3.37. The molecule has 0 radical (unpaired) electrons. The molecule has 0 fully saturated rings. The van der Waals surface area contributed by atoms with Crippen LogP contribution in [-0.2, 0) is 16.1 Å². The van der Waals surface area contributed by atoms with Gasteiger partial charge in [-0.05, 0) is 44.5 Å². The lowest BCUT2D eigenvalue weighted by Crippen LogP contribution is -2.12. The molecule has 0 unspecified atom stereocenters. The number of nitrogens with one attached hydrogen (secondary N) is 1. The Labute approximate surface area is 188 Å². The van der Waals surface area contributed by atoms with E-state index >= 15 is 0 Å². The third-order valence-corrected chi connectivity index (χ3v) is 5.00. The summed E-state index contributed by atoms with van der Waals surface area (Å²) in [5.41, 5.74) is 2.34. The first-order valence-electron chi connectivity index (χ1n) is 9.64. The standard InChI is InChI=1S/C21H22N4O6S/c1-5-29-21(27)19-20(32-25-23-19)22-18(26)9-7-14-6-8-16(17(10-14)28-4)30-11-15-12(2)24-31-13(15)3/h6-10H,5,11H2,1-4H3,(H,22,26)/b9-7+. The largest absolute Gasteiger partial charge is 0.493 e. The molecule has 3 aromatic rings. The summed E-state index contributed by atoms with van der Waals surface area (Å²) in [7, 11) is 1.53. The lowest BCUT2D eigenvalue weighted by atomic mass is 10.2. The van der Waals surface area contributed by atoms with Crippen molar-refractivity contribution in [3.05, 3.63) is 52.6 Å². The van der Waals surface area contributed by atoms with Crippen LogP contribution < -0.4 is 14.8 Å². The zero-order valence-electron chi connectivity index (χ0n) is 18.0. The van der Waals surface area contributed by atoms with Gasteiger partial charge in [0.05, 0.1) is 25.0 Å². The molecule has 0 aliphatic rings. The van der Waals surface area contributed by atoms with Crippen molar-refractivity contribution in [2.75, 3.05) is 19.0 Å². The van der Waals surface area contributed by atoms with E-state index in [0.29, 0.717) is 23.9 Å². The Kier molecular flexibility index (Phi) is 7.55. The molecule has 168 valence electrons. The number of nitrogens with zero attached hydrogens (tertiary/aromatic N) is 3. The fourth-order valence-electron chi connectivity index (χ4n) is 2.70. The molecular weight excluding hydrogens is 436 g/mol. The molecular formula is C21H22N4O6S. The van der Waals surface area contributed by atoms with Crippen molar-refractivity contribution in [2.24, 2.45) is 0 Å². The van der Waals surface area contributed by atoms with Crippen LogP contribution in [0.3, 0.4) is 0 Å². The van der Waals surface area contributed by atoms with E-state index in [0.717, 1.165) is 28.4 Å². The van der Waals surface area contributed by atoms with Crippen molar-refractivity contribution >= 4 is 34.5 Å². The molecule has 32 heavy (non-hydrogen) atoms. The van der Waals surface area contributed by atoms with E-state index in [1.54, 1.807) is 31.2 Å². The number of esters is 1. The van der Waals surface area contributed by atoms with E-state index in [1.807, 2.05) is 13.8 Å². The first-order valence-corrected chi connectivity index (χ1v) is 10.4. The molecule has 3 rings (SSSR count). The van der Waals surface area contributed by atoms with Gasteiger partial charge in [0.1, 0.15) is 12.4 Å². The Morgan fingerprint density at radius 3 is 2.75 bits per heavy atom. The first-order chi connectivity index (χ1) is 15.4. The third-order valence-electron chi connectivity index (χ3n) is 4.36. The normalized spacial score (nSPS) is 10.9. The number of hydrogen-bond donors (Lipinski definition) is 1. The Morgan fingerprint density at radius 1 is 1.25 bits per heavy atom. The molecule has 0 aliphatic heterocycles. The van der Waals surface area contributed by atoms with Gasteiger partial charge in [0.2, 0.25) is 11.6 Å². The second-order valence-corrected chi connectivity index (χ2v) is 7.25. The van der Waals surface area contributed by atoms with Gasteiger partial charge in [-0.3, -0.25) is 4.79 Å². The lowest BCUT2D eigenvalue weighted by molar-refractivity contribution is -0.111. The summed E-state index contributed by atoms with van der Waals surface area (Å²) in [6.07, 6.45) is 2.93. The maximum atomic E-state index is 12.3. The number of methoxy groups -OCH3 is 1. The van der Waals surface area contributed by atoms with Gasteiger partial charge in [-0.2, -0.15) is 0 Å². The van der Waals surface area contributed by atoms with Gasteiger partial charge in [0.25, 0.3) is 0 Å². The molecule has 0 aliphatic carbocycles. The predicted molar refractivity (Wildman–Crippen MR) is 117 cm³/mol. The van der Waals surface area contributed by atoms with Gasteiger partial charge in [-0.1, -0.05) is 15.7 Å². The van der Waals surface area contributed by atoms with E-state index in [1.165, 1.54) is 13.2 Å². The number of hydrogen-bond acceptors (Lipinski definition) is 10. The fraction of sp³-hybridized carbons (Fsp3) is 0.286. The maximum absolute atomic E-state index is 12.3. The topological polar surface area (TPSA) is 126 Å². The average molecular weight is 458 g/mol. The van der Waals surface area contributed by atoms with E-state index in [4.69, 9.17) is 18.7 Å². The van der Waals surface area contributed by atoms with Crippen LogP contribution in [0.5, 0.6) is 11.5 Å². The van der Waals surface area contributed by atoms with E-state index in [-0.39, 0.29) is 17.3 Å². The molecule has 1 amide bonds. The van der Waals surface area contributed by atoms with Gasteiger partial charge in [-0.25, -0.2) is 4.79 Å². The van der Waals surface area contributed by atoms with Crippen molar-refractivity contribution in [2.45, 2.75) is 27.4 Å². The monoisotopic (exact) mass is 458 g/mol. The minimum Gasteiger partial charge on any atom is -0.493 e. The third kappa shape index (κ3) is 5.49. The number of ether oxygens (including phenoxy) is 3. The van der Waals surface area contributed by atoms with Gasteiger partial charge >= 0.3 is 5.97 Å². The van der Waals surface area contributed by atoms with Crippen molar-refractivity contribution in [1.29, 1.82) is 0 Å². The highest BCUT2D eigenvalue weighted by molar-refractivity contribution is 7.10. The number of aromatic nitrogens is 3. The minimum atomic E-state index is -0.641. The fourth-order valence-corrected chi connectivity index (χ4v) is 3.26. The minimum absolute atomic E-state index is 0.0277. The molecule has 0 saturated carbocycles. The highest BCUT2D eigenvalue weighted by Crippen LogP contribution is 2.30. The Hall–Kier alpha value is -3.73. The SMILES string of the molecule is CCOC(=O)c1nnsc1NC(=O)/C=C/c1ccc(OCc2c(C)noc2C)c(OC)c1. The molecule has 1 aromatic carbocycles. The number of benzene rings is 1. The summed E-state index contributed by atoms with van der Waals surface area (Å²) >= 11 is 0.893. The van der Waals surface area contributed by atoms with E-state index in [9.17, 15) is 9.59 Å². The van der Waals surface area contributed by atoms with Crippen LogP contribution in [0.25, 0.3) is 6.08 Å². The maximum Gasteiger partial charge on any atom is 0.362 e.